The zero-order valence-corrected chi connectivity index (χ0v) is 10.6. The third-order valence-electron chi connectivity index (χ3n) is 3.01. The molecule has 1 aliphatic heterocycles. The molecule has 0 bridgehead atoms. The van der Waals surface area contributed by atoms with Gasteiger partial charge in [0.25, 0.3) is 0 Å². The number of hydrogen-bond acceptors (Lipinski definition) is 3. The summed E-state index contributed by atoms with van der Waals surface area (Å²) in [5, 5.41) is 3.02. The standard InChI is InChI=1S/C13H16F3NO2/c1-2-17-13(12-7-18-3-4-19-12)8-5-10(15)11(16)6-9(8)14/h5-6,12-13,17H,2-4,7H2,1H3. The van der Waals surface area contributed by atoms with E-state index < -0.39 is 29.6 Å². The molecule has 1 aromatic rings. The van der Waals surface area contributed by atoms with Crippen LogP contribution in [-0.4, -0.2) is 32.5 Å². The van der Waals surface area contributed by atoms with Gasteiger partial charge in [0.15, 0.2) is 11.6 Å². The van der Waals surface area contributed by atoms with Crippen LogP contribution in [-0.2, 0) is 9.47 Å². The fraction of sp³-hybridized carbons (Fsp3) is 0.538. The van der Waals surface area contributed by atoms with Crippen LogP contribution in [0.25, 0.3) is 0 Å². The van der Waals surface area contributed by atoms with Crippen LogP contribution in [0.5, 0.6) is 0 Å². The zero-order chi connectivity index (χ0) is 13.8. The molecule has 106 valence electrons. The fourth-order valence-corrected chi connectivity index (χ4v) is 2.14. The van der Waals surface area contributed by atoms with Gasteiger partial charge in [-0.2, -0.15) is 0 Å². The molecule has 0 spiro atoms. The second-order valence-electron chi connectivity index (χ2n) is 4.31. The second kappa shape index (κ2) is 6.36. The van der Waals surface area contributed by atoms with Gasteiger partial charge in [-0.3, -0.25) is 0 Å². The molecular weight excluding hydrogens is 259 g/mol. The average molecular weight is 275 g/mol. The van der Waals surface area contributed by atoms with Crippen molar-refractivity contribution in [2.24, 2.45) is 0 Å². The Balaban J connectivity index is 2.29. The van der Waals surface area contributed by atoms with E-state index in [4.69, 9.17) is 9.47 Å². The van der Waals surface area contributed by atoms with Gasteiger partial charge in [-0.1, -0.05) is 6.92 Å². The van der Waals surface area contributed by atoms with Crippen molar-refractivity contribution in [2.75, 3.05) is 26.4 Å². The number of benzene rings is 1. The molecule has 1 aliphatic rings. The first-order valence-electron chi connectivity index (χ1n) is 6.20. The topological polar surface area (TPSA) is 30.5 Å². The van der Waals surface area contributed by atoms with Crippen LogP contribution < -0.4 is 5.32 Å². The molecule has 6 heteroatoms. The summed E-state index contributed by atoms with van der Waals surface area (Å²) in [5.74, 6) is -3.06. The Morgan fingerprint density at radius 3 is 2.58 bits per heavy atom. The molecule has 1 saturated heterocycles. The van der Waals surface area contributed by atoms with Crippen LogP contribution in [0.4, 0.5) is 13.2 Å². The second-order valence-corrected chi connectivity index (χ2v) is 4.31. The molecule has 0 saturated carbocycles. The first-order valence-corrected chi connectivity index (χ1v) is 6.20. The lowest BCUT2D eigenvalue weighted by Crippen LogP contribution is -2.41. The van der Waals surface area contributed by atoms with Gasteiger partial charge in [-0.15, -0.1) is 0 Å². The van der Waals surface area contributed by atoms with E-state index in [9.17, 15) is 13.2 Å². The Kier molecular flexibility index (Phi) is 4.79. The van der Waals surface area contributed by atoms with Crippen LogP contribution in [0.2, 0.25) is 0 Å². The lowest BCUT2D eigenvalue weighted by atomic mass is 10.00. The third kappa shape index (κ3) is 3.26. The van der Waals surface area contributed by atoms with E-state index in [1.54, 1.807) is 0 Å². The Labute approximate surface area is 109 Å². The van der Waals surface area contributed by atoms with E-state index in [1.807, 2.05) is 6.92 Å². The average Bonchev–Trinajstić information content (AvgIpc) is 2.42. The first kappa shape index (κ1) is 14.3. The van der Waals surface area contributed by atoms with Crippen molar-refractivity contribution >= 4 is 0 Å². The van der Waals surface area contributed by atoms with E-state index >= 15 is 0 Å². The van der Waals surface area contributed by atoms with Crippen molar-refractivity contribution in [1.82, 2.24) is 5.32 Å². The summed E-state index contributed by atoms with van der Waals surface area (Å²) in [6.07, 6.45) is -0.423. The van der Waals surface area contributed by atoms with Crippen LogP contribution in [0, 0.1) is 17.5 Å². The molecule has 0 radical (unpaired) electrons. The van der Waals surface area contributed by atoms with Crippen LogP contribution in [0.1, 0.15) is 18.5 Å². The van der Waals surface area contributed by atoms with Crippen LogP contribution in [0.3, 0.4) is 0 Å². The van der Waals surface area contributed by atoms with Crippen molar-refractivity contribution in [3.63, 3.8) is 0 Å². The Morgan fingerprint density at radius 1 is 1.21 bits per heavy atom. The molecule has 0 amide bonds. The fourth-order valence-electron chi connectivity index (χ4n) is 2.14. The van der Waals surface area contributed by atoms with Gasteiger partial charge < -0.3 is 14.8 Å². The molecule has 1 N–H and O–H groups in total. The van der Waals surface area contributed by atoms with E-state index in [-0.39, 0.29) is 12.2 Å². The summed E-state index contributed by atoms with van der Waals surface area (Å²) in [6, 6.07) is 0.856. The summed E-state index contributed by atoms with van der Waals surface area (Å²) in [6.45, 7) is 3.56. The highest BCUT2D eigenvalue weighted by atomic mass is 19.2. The van der Waals surface area contributed by atoms with Crippen molar-refractivity contribution < 1.29 is 22.6 Å². The number of rotatable bonds is 4. The number of nitrogens with one attached hydrogen (secondary N) is 1. The minimum Gasteiger partial charge on any atom is -0.376 e. The number of likely N-dealkylation sites (N-methyl/N-ethyl adjacent to an activating group) is 1. The molecule has 0 aromatic heterocycles. The van der Waals surface area contributed by atoms with Crippen LogP contribution >= 0.6 is 0 Å². The van der Waals surface area contributed by atoms with E-state index in [0.29, 0.717) is 25.8 Å². The Bertz CT molecular complexity index is 436. The van der Waals surface area contributed by atoms with Gasteiger partial charge >= 0.3 is 0 Å². The molecule has 3 nitrogen and oxygen atoms in total. The third-order valence-corrected chi connectivity index (χ3v) is 3.01. The predicted molar refractivity (Wildman–Crippen MR) is 63.3 cm³/mol. The zero-order valence-electron chi connectivity index (χ0n) is 10.6. The largest absolute Gasteiger partial charge is 0.376 e. The van der Waals surface area contributed by atoms with Crippen LogP contribution in [0.15, 0.2) is 12.1 Å². The maximum Gasteiger partial charge on any atom is 0.161 e. The molecule has 1 aromatic carbocycles. The molecule has 1 fully saturated rings. The van der Waals surface area contributed by atoms with E-state index in [0.717, 1.165) is 6.07 Å². The SMILES string of the molecule is CCNC(c1cc(F)c(F)cc1F)C1COCCO1. The molecule has 1 heterocycles. The van der Waals surface area contributed by atoms with Crippen molar-refractivity contribution in [3.8, 4) is 0 Å². The number of ether oxygens (including phenoxy) is 2. The molecular formula is C13H16F3NO2. The summed E-state index contributed by atoms with van der Waals surface area (Å²) < 4.78 is 50.8. The van der Waals surface area contributed by atoms with E-state index in [1.165, 1.54) is 0 Å². The van der Waals surface area contributed by atoms with Gasteiger partial charge in [0, 0.05) is 11.6 Å². The number of halogens is 3. The quantitative estimate of drug-likeness (QED) is 0.854. The van der Waals surface area contributed by atoms with Gasteiger partial charge in [0.1, 0.15) is 11.9 Å². The molecule has 0 aliphatic carbocycles. The molecule has 2 rings (SSSR count). The first-order chi connectivity index (χ1) is 9.13. The smallest absolute Gasteiger partial charge is 0.161 e. The van der Waals surface area contributed by atoms with Gasteiger partial charge in [0.05, 0.1) is 25.9 Å². The van der Waals surface area contributed by atoms with Gasteiger partial charge in [-0.25, -0.2) is 13.2 Å². The highest BCUT2D eigenvalue weighted by Gasteiger charge is 2.29. The lowest BCUT2D eigenvalue weighted by molar-refractivity contribution is -0.102. The molecule has 19 heavy (non-hydrogen) atoms. The normalized spacial score (nSPS) is 21.4. The Hall–Kier alpha value is -1.11. The van der Waals surface area contributed by atoms with Crippen molar-refractivity contribution in [2.45, 2.75) is 19.1 Å². The Morgan fingerprint density at radius 2 is 1.95 bits per heavy atom. The number of hydrogen-bond donors (Lipinski definition) is 1. The summed E-state index contributed by atoms with van der Waals surface area (Å²) in [7, 11) is 0. The van der Waals surface area contributed by atoms with Gasteiger partial charge in [-0.05, 0) is 12.6 Å². The summed E-state index contributed by atoms with van der Waals surface area (Å²) in [5.41, 5.74) is 0.0521. The maximum absolute atomic E-state index is 13.8. The molecule has 2 atom stereocenters. The predicted octanol–water partition coefficient (Wildman–Crippen LogP) is 2.17. The highest BCUT2D eigenvalue weighted by molar-refractivity contribution is 5.24. The minimum absolute atomic E-state index is 0.0521. The monoisotopic (exact) mass is 275 g/mol. The molecule has 2 unspecified atom stereocenters. The van der Waals surface area contributed by atoms with Gasteiger partial charge in [0.2, 0.25) is 0 Å². The lowest BCUT2D eigenvalue weighted by Gasteiger charge is -2.31. The van der Waals surface area contributed by atoms with E-state index in [2.05, 4.69) is 5.32 Å². The maximum atomic E-state index is 13.8. The highest BCUT2D eigenvalue weighted by Crippen LogP contribution is 2.26. The summed E-state index contributed by atoms with van der Waals surface area (Å²) in [4.78, 5) is 0. The summed E-state index contributed by atoms with van der Waals surface area (Å²) >= 11 is 0. The minimum atomic E-state index is -1.20. The van der Waals surface area contributed by atoms with Crippen molar-refractivity contribution in [3.05, 3.63) is 35.1 Å². The van der Waals surface area contributed by atoms with Crippen molar-refractivity contribution in [1.29, 1.82) is 0 Å².